The van der Waals surface area contributed by atoms with Crippen molar-refractivity contribution in [3.05, 3.63) is 28.2 Å². The van der Waals surface area contributed by atoms with Crippen molar-refractivity contribution in [2.24, 2.45) is 5.92 Å². The van der Waals surface area contributed by atoms with E-state index in [1.54, 1.807) is 14.2 Å². The molecule has 2 atom stereocenters. The molecule has 1 N–H and O–H groups in total. The Morgan fingerprint density at radius 1 is 1.38 bits per heavy atom. The minimum atomic E-state index is 0.149. The summed E-state index contributed by atoms with van der Waals surface area (Å²) in [5.74, 6) is 1.35. The fourth-order valence-electron chi connectivity index (χ4n) is 2.74. The highest BCUT2D eigenvalue weighted by Crippen LogP contribution is 2.36. The van der Waals surface area contributed by atoms with Crippen LogP contribution in [0.3, 0.4) is 0 Å². The van der Waals surface area contributed by atoms with E-state index in [0.717, 1.165) is 42.9 Å². The molecule has 1 aromatic carbocycles. The minimum absolute atomic E-state index is 0.149. The van der Waals surface area contributed by atoms with Crippen LogP contribution in [0.5, 0.6) is 5.75 Å². The Morgan fingerprint density at radius 3 is 2.95 bits per heavy atom. The molecular weight excluding hydrogens is 334 g/mol. The Kier molecular flexibility index (Phi) is 6.96. The molecule has 2 unspecified atom stereocenters. The van der Waals surface area contributed by atoms with E-state index < -0.39 is 0 Å². The number of rotatable bonds is 7. The van der Waals surface area contributed by atoms with E-state index in [1.807, 2.05) is 6.07 Å². The lowest BCUT2D eigenvalue weighted by Gasteiger charge is -2.32. The highest BCUT2D eigenvalue weighted by molar-refractivity contribution is 9.10. The van der Waals surface area contributed by atoms with Crippen molar-refractivity contribution < 1.29 is 14.2 Å². The summed E-state index contributed by atoms with van der Waals surface area (Å²) < 4.78 is 17.4. The molecule has 0 radical (unpaired) electrons. The summed E-state index contributed by atoms with van der Waals surface area (Å²) in [6.45, 7) is 3.42. The fraction of sp³-hybridized carbons (Fsp3) is 0.625. The maximum atomic E-state index is 6.03. The second-order valence-corrected chi connectivity index (χ2v) is 6.14. The molecular formula is C16H24BrNO3. The van der Waals surface area contributed by atoms with Gasteiger partial charge in [-0.2, -0.15) is 0 Å². The first-order valence-electron chi connectivity index (χ1n) is 7.41. The minimum Gasteiger partial charge on any atom is -0.496 e. The first kappa shape index (κ1) is 16.7. The Labute approximate surface area is 135 Å². The molecule has 0 saturated carbocycles. The number of halogens is 1. The lowest BCUT2D eigenvalue weighted by Crippen LogP contribution is -2.33. The SMILES string of the molecule is COCCNCC1CCCOC1c1ccc(OC)c(Br)c1. The Bertz CT molecular complexity index is 442. The molecule has 21 heavy (non-hydrogen) atoms. The molecule has 0 amide bonds. The lowest BCUT2D eigenvalue weighted by molar-refractivity contribution is -0.0280. The van der Waals surface area contributed by atoms with Crippen molar-refractivity contribution in [3.63, 3.8) is 0 Å². The summed E-state index contributed by atoms with van der Waals surface area (Å²) in [6.07, 6.45) is 2.47. The van der Waals surface area contributed by atoms with Crippen LogP contribution in [0.4, 0.5) is 0 Å². The van der Waals surface area contributed by atoms with Gasteiger partial charge in [0.15, 0.2) is 0 Å². The predicted molar refractivity (Wildman–Crippen MR) is 86.9 cm³/mol. The largest absolute Gasteiger partial charge is 0.496 e. The van der Waals surface area contributed by atoms with Crippen LogP contribution in [0.2, 0.25) is 0 Å². The van der Waals surface area contributed by atoms with Crippen LogP contribution in [0.15, 0.2) is 22.7 Å². The third-order valence-corrected chi connectivity index (χ3v) is 4.46. The Balaban J connectivity index is 2.02. The van der Waals surface area contributed by atoms with Crippen LogP contribution in [0.1, 0.15) is 24.5 Å². The number of benzene rings is 1. The number of hydrogen-bond donors (Lipinski definition) is 1. The molecule has 1 fully saturated rings. The Morgan fingerprint density at radius 2 is 2.24 bits per heavy atom. The average Bonchev–Trinajstić information content (AvgIpc) is 2.52. The van der Waals surface area contributed by atoms with Crippen LogP contribution in [-0.2, 0) is 9.47 Å². The van der Waals surface area contributed by atoms with Gasteiger partial charge >= 0.3 is 0 Å². The molecule has 0 aromatic heterocycles. The van der Waals surface area contributed by atoms with Crippen LogP contribution in [0, 0.1) is 5.92 Å². The number of ether oxygens (including phenoxy) is 3. The van der Waals surface area contributed by atoms with Crippen LogP contribution in [0.25, 0.3) is 0 Å². The standard InChI is InChI=1S/C16H24BrNO3/c1-19-9-7-18-11-13-4-3-8-21-16(13)12-5-6-15(20-2)14(17)10-12/h5-6,10,13,16,18H,3-4,7-9,11H2,1-2H3. The van der Waals surface area contributed by atoms with Gasteiger partial charge in [-0.1, -0.05) is 6.07 Å². The van der Waals surface area contributed by atoms with Gasteiger partial charge in [-0.25, -0.2) is 0 Å². The zero-order chi connectivity index (χ0) is 15.1. The maximum absolute atomic E-state index is 6.03. The molecule has 1 heterocycles. The van der Waals surface area contributed by atoms with E-state index in [0.29, 0.717) is 5.92 Å². The molecule has 5 heteroatoms. The molecule has 2 rings (SSSR count). The van der Waals surface area contributed by atoms with Crippen molar-refractivity contribution in [2.45, 2.75) is 18.9 Å². The smallest absolute Gasteiger partial charge is 0.133 e. The fourth-order valence-corrected chi connectivity index (χ4v) is 3.30. The quantitative estimate of drug-likeness (QED) is 0.760. The van der Waals surface area contributed by atoms with Gasteiger partial charge in [-0.05, 0) is 46.5 Å². The second kappa shape index (κ2) is 8.73. The zero-order valence-electron chi connectivity index (χ0n) is 12.7. The molecule has 118 valence electrons. The number of hydrogen-bond acceptors (Lipinski definition) is 4. The van der Waals surface area contributed by atoms with Crippen LogP contribution >= 0.6 is 15.9 Å². The molecule has 1 aliphatic heterocycles. The summed E-state index contributed by atoms with van der Waals surface area (Å²) >= 11 is 3.55. The van der Waals surface area contributed by atoms with Crippen LogP contribution < -0.4 is 10.1 Å². The summed E-state index contributed by atoms with van der Waals surface area (Å²) in [5.41, 5.74) is 1.21. The van der Waals surface area contributed by atoms with Crippen molar-refractivity contribution in [1.29, 1.82) is 0 Å². The number of nitrogens with one attached hydrogen (secondary N) is 1. The van der Waals surface area contributed by atoms with Crippen LogP contribution in [-0.4, -0.2) is 40.5 Å². The third-order valence-electron chi connectivity index (χ3n) is 3.84. The first-order chi connectivity index (χ1) is 10.3. The van der Waals surface area contributed by atoms with Crippen molar-refractivity contribution in [3.8, 4) is 5.75 Å². The number of methoxy groups -OCH3 is 2. The summed E-state index contributed by atoms with van der Waals surface area (Å²) in [5, 5.41) is 3.45. The molecule has 4 nitrogen and oxygen atoms in total. The molecule has 0 bridgehead atoms. The van der Waals surface area contributed by atoms with Crippen molar-refractivity contribution >= 4 is 15.9 Å². The molecule has 1 aliphatic rings. The third kappa shape index (κ3) is 4.68. The highest BCUT2D eigenvalue weighted by Gasteiger charge is 2.27. The summed E-state index contributed by atoms with van der Waals surface area (Å²) in [6, 6.07) is 6.20. The van der Waals surface area contributed by atoms with E-state index >= 15 is 0 Å². The van der Waals surface area contributed by atoms with Gasteiger partial charge in [-0.3, -0.25) is 0 Å². The maximum Gasteiger partial charge on any atom is 0.133 e. The summed E-state index contributed by atoms with van der Waals surface area (Å²) in [7, 11) is 3.41. The van der Waals surface area contributed by atoms with E-state index in [-0.39, 0.29) is 6.10 Å². The Hall–Kier alpha value is -0.620. The molecule has 0 aliphatic carbocycles. The van der Waals surface area contributed by atoms with Crippen molar-refractivity contribution in [2.75, 3.05) is 40.5 Å². The van der Waals surface area contributed by atoms with Gasteiger partial charge in [0.2, 0.25) is 0 Å². The average molecular weight is 358 g/mol. The molecule has 1 saturated heterocycles. The van der Waals surface area contributed by atoms with Gasteiger partial charge in [0.05, 0.1) is 24.3 Å². The van der Waals surface area contributed by atoms with E-state index in [2.05, 4.69) is 33.4 Å². The van der Waals surface area contributed by atoms with E-state index in [4.69, 9.17) is 14.2 Å². The molecule has 1 aromatic rings. The van der Waals surface area contributed by atoms with Gasteiger partial charge in [-0.15, -0.1) is 0 Å². The first-order valence-corrected chi connectivity index (χ1v) is 8.20. The monoisotopic (exact) mass is 357 g/mol. The normalized spacial score (nSPS) is 22.2. The van der Waals surface area contributed by atoms with Gasteiger partial charge in [0.1, 0.15) is 5.75 Å². The van der Waals surface area contributed by atoms with E-state index in [1.165, 1.54) is 12.0 Å². The van der Waals surface area contributed by atoms with Gasteiger partial charge < -0.3 is 19.5 Å². The van der Waals surface area contributed by atoms with Gasteiger partial charge in [0.25, 0.3) is 0 Å². The van der Waals surface area contributed by atoms with Crippen molar-refractivity contribution in [1.82, 2.24) is 5.32 Å². The predicted octanol–water partition coefficient (Wildman–Crippen LogP) is 3.16. The topological polar surface area (TPSA) is 39.7 Å². The summed E-state index contributed by atoms with van der Waals surface area (Å²) in [4.78, 5) is 0. The molecule has 0 spiro atoms. The van der Waals surface area contributed by atoms with E-state index in [9.17, 15) is 0 Å². The zero-order valence-corrected chi connectivity index (χ0v) is 14.3. The van der Waals surface area contributed by atoms with Gasteiger partial charge in [0, 0.05) is 32.7 Å². The second-order valence-electron chi connectivity index (χ2n) is 5.28. The lowest BCUT2D eigenvalue weighted by atomic mass is 9.89. The highest BCUT2D eigenvalue weighted by atomic mass is 79.9.